The highest BCUT2D eigenvalue weighted by Gasteiger charge is 2.08. The molecule has 0 amide bonds. The summed E-state index contributed by atoms with van der Waals surface area (Å²) in [4.78, 5) is 5.56. The largest absolute Gasteiger partial charge is 0.462 e. The van der Waals surface area contributed by atoms with E-state index >= 15 is 0 Å². The zero-order chi connectivity index (χ0) is 13.9. The first-order valence-corrected chi connectivity index (χ1v) is 8.13. The van der Waals surface area contributed by atoms with Crippen LogP contribution in [0.1, 0.15) is 5.69 Å². The summed E-state index contributed by atoms with van der Waals surface area (Å²) in [6.45, 7) is 0. The molecular weight excluding hydrogens is 312 g/mol. The maximum Gasteiger partial charge on any atom is 0.162 e. The van der Waals surface area contributed by atoms with E-state index in [1.807, 2.05) is 29.6 Å². The molecule has 20 heavy (non-hydrogen) atoms. The van der Waals surface area contributed by atoms with Crippen LogP contribution in [0.3, 0.4) is 0 Å². The number of furan rings is 1. The van der Waals surface area contributed by atoms with Gasteiger partial charge in [0, 0.05) is 21.7 Å². The lowest BCUT2D eigenvalue weighted by molar-refractivity contribution is 0.581. The van der Waals surface area contributed by atoms with E-state index in [-0.39, 0.29) is 0 Å². The first-order valence-electron chi connectivity index (χ1n) is 5.88. The van der Waals surface area contributed by atoms with Gasteiger partial charge in [0.1, 0.15) is 0 Å². The molecule has 0 aliphatic carbocycles. The van der Waals surface area contributed by atoms with E-state index in [1.165, 1.54) is 0 Å². The van der Waals surface area contributed by atoms with Gasteiger partial charge in [0.2, 0.25) is 0 Å². The molecular formula is C14H11ClN2OS2. The zero-order valence-corrected chi connectivity index (χ0v) is 12.8. The Hall–Kier alpha value is -1.43. The Morgan fingerprint density at radius 3 is 3.00 bits per heavy atom. The van der Waals surface area contributed by atoms with Crippen molar-refractivity contribution < 1.29 is 4.42 Å². The van der Waals surface area contributed by atoms with E-state index in [9.17, 15) is 0 Å². The Kier molecular flexibility index (Phi) is 4.00. The Bertz CT molecular complexity index is 710. The Balaban J connectivity index is 1.70. The van der Waals surface area contributed by atoms with Crippen LogP contribution < -0.4 is 5.73 Å². The molecule has 0 bridgehead atoms. The van der Waals surface area contributed by atoms with Gasteiger partial charge in [-0.3, -0.25) is 0 Å². The minimum atomic E-state index is 0.674. The van der Waals surface area contributed by atoms with Crippen LogP contribution in [-0.2, 0) is 5.75 Å². The lowest BCUT2D eigenvalue weighted by Crippen LogP contribution is -1.86. The van der Waals surface area contributed by atoms with Crippen molar-refractivity contribution in [2.24, 2.45) is 0 Å². The number of thioether (sulfide) groups is 1. The van der Waals surface area contributed by atoms with Crippen molar-refractivity contribution in [3.63, 3.8) is 0 Å². The molecule has 3 rings (SSSR count). The van der Waals surface area contributed by atoms with Crippen molar-refractivity contribution in [2.75, 3.05) is 5.73 Å². The smallest absolute Gasteiger partial charge is 0.162 e. The summed E-state index contributed by atoms with van der Waals surface area (Å²) in [6.07, 6.45) is 1.65. The Morgan fingerprint density at radius 1 is 1.35 bits per heavy atom. The SMILES string of the molecule is Nc1ccc(SCc2csc(-c3ccco3)n2)c(Cl)c1. The summed E-state index contributed by atoms with van der Waals surface area (Å²) in [6, 6.07) is 9.32. The number of halogens is 1. The van der Waals surface area contributed by atoms with Crippen LogP contribution in [-0.4, -0.2) is 4.98 Å². The Labute approximate surface area is 129 Å². The molecule has 2 heterocycles. The topological polar surface area (TPSA) is 52.0 Å². The first kappa shape index (κ1) is 13.5. The monoisotopic (exact) mass is 322 g/mol. The predicted molar refractivity (Wildman–Crippen MR) is 85.2 cm³/mol. The number of anilines is 1. The number of hydrogen-bond donors (Lipinski definition) is 1. The van der Waals surface area contributed by atoms with Crippen LogP contribution in [0, 0.1) is 0 Å². The molecule has 1 aromatic carbocycles. The van der Waals surface area contributed by atoms with Gasteiger partial charge in [-0.2, -0.15) is 0 Å². The number of hydrogen-bond acceptors (Lipinski definition) is 5. The number of aromatic nitrogens is 1. The van der Waals surface area contributed by atoms with Crippen LogP contribution in [0.15, 0.2) is 51.3 Å². The molecule has 3 nitrogen and oxygen atoms in total. The maximum absolute atomic E-state index is 6.15. The van der Waals surface area contributed by atoms with Crippen molar-refractivity contribution in [3.05, 3.63) is 52.7 Å². The van der Waals surface area contributed by atoms with Gasteiger partial charge in [0.15, 0.2) is 10.8 Å². The van der Waals surface area contributed by atoms with E-state index in [4.69, 9.17) is 21.8 Å². The van der Waals surface area contributed by atoms with E-state index in [2.05, 4.69) is 4.98 Å². The molecule has 0 fully saturated rings. The van der Waals surface area contributed by atoms with E-state index < -0.39 is 0 Å². The lowest BCUT2D eigenvalue weighted by atomic mass is 10.3. The van der Waals surface area contributed by atoms with E-state index in [1.54, 1.807) is 35.4 Å². The quantitative estimate of drug-likeness (QED) is 0.546. The second-order valence-electron chi connectivity index (χ2n) is 4.10. The number of nitrogens with zero attached hydrogens (tertiary/aromatic N) is 1. The van der Waals surface area contributed by atoms with Gasteiger partial charge >= 0.3 is 0 Å². The molecule has 0 spiro atoms. The highest BCUT2D eigenvalue weighted by molar-refractivity contribution is 7.98. The highest BCUT2D eigenvalue weighted by Crippen LogP contribution is 2.32. The van der Waals surface area contributed by atoms with Gasteiger partial charge in [-0.15, -0.1) is 23.1 Å². The third-order valence-corrected chi connectivity index (χ3v) is 5.05. The van der Waals surface area contributed by atoms with Gasteiger partial charge in [-0.1, -0.05) is 11.6 Å². The molecule has 0 aliphatic rings. The first-order chi connectivity index (χ1) is 9.72. The molecule has 3 aromatic rings. The summed E-state index contributed by atoms with van der Waals surface area (Å²) in [7, 11) is 0. The fourth-order valence-corrected chi connectivity index (χ4v) is 3.73. The second-order valence-corrected chi connectivity index (χ2v) is 6.38. The molecule has 0 radical (unpaired) electrons. The average molecular weight is 323 g/mol. The van der Waals surface area contributed by atoms with Crippen LogP contribution in [0.4, 0.5) is 5.69 Å². The molecule has 0 saturated carbocycles. The van der Waals surface area contributed by atoms with Crippen LogP contribution in [0.5, 0.6) is 0 Å². The molecule has 0 unspecified atom stereocenters. The van der Waals surface area contributed by atoms with Gasteiger partial charge in [-0.05, 0) is 30.3 Å². The molecule has 0 atom stereocenters. The number of benzene rings is 1. The number of nitrogen functional groups attached to an aromatic ring is 1. The number of rotatable bonds is 4. The minimum absolute atomic E-state index is 0.674. The summed E-state index contributed by atoms with van der Waals surface area (Å²) in [5.41, 5.74) is 7.36. The van der Waals surface area contributed by atoms with Crippen molar-refractivity contribution >= 4 is 40.4 Å². The van der Waals surface area contributed by atoms with E-state index in [0.29, 0.717) is 10.7 Å². The second kappa shape index (κ2) is 5.91. The molecule has 2 N–H and O–H groups in total. The average Bonchev–Trinajstić information content (AvgIpc) is 3.08. The van der Waals surface area contributed by atoms with Crippen LogP contribution in [0.2, 0.25) is 5.02 Å². The fraction of sp³-hybridized carbons (Fsp3) is 0.0714. The normalized spacial score (nSPS) is 10.8. The third kappa shape index (κ3) is 3.00. The van der Waals surface area contributed by atoms with Crippen LogP contribution in [0.25, 0.3) is 10.8 Å². The summed E-state index contributed by atoms with van der Waals surface area (Å²) < 4.78 is 5.33. The maximum atomic E-state index is 6.15. The lowest BCUT2D eigenvalue weighted by Gasteiger charge is -2.03. The van der Waals surface area contributed by atoms with Crippen molar-refractivity contribution in [3.8, 4) is 10.8 Å². The predicted octanol–water partition coefficient (Wildman–Crippen LogP) is 4.93. The van der Waals surface area contributed by atoms with Crippen LogP contribution >= 0.6 is 34.7 Å². The number of thiazole rings is 1. The highest BCUT2D eigenvalue weighted by atomic mass is 35.5. The standard InChI is InChI=1S/C14H11ClN2OS2/c15-11-6-9(16)3-4-13(11)19-7-10-8-20-14(17-10)12-2-1-5-18-12/h1-6,8H,7,16H2. The zero-order valence-electron chi connectivity index (χ0n) is 10.4. The van der Waals surface area contributed by atoms with Crippen molar-refractivity contribution in [1.29, 1.82) is 0 Å². The molecule has 0 aliphatic heterocycles. The molecule has 6 heteroatoms. The third-order valence-electron chi connectivity index (χ3n) is 2.62. The summed E-state index contributed by atoms with van der Waals surface area (Å²) >= 11 is 9.37. The van der Waals surface area contributed by atoms with Gasteiger partial charge in [0.25, 0.3) is 0 Å². The van der Waals surface area contributed by atoms with E-state index in [0.717, 1.165) is 27.1 Å². The minimum Gasteiger partial charge on any atom is -0.462 e. The van der Waals surface area contributed by atoms with Crippen molar-refractivity contribution in [1.82, 2.24) is 4.98 Å². The molecule has 0 saturated heterocycles. The Morgan fingerprint density at radius 2 is 2.25 bits per heavy atom. The summed E-state index contributed by atoms with van der Waals surface area (Å²) in [5, 5.41) is 3.61. The van der Waals surface area contributed by atoms with Crippen molar-refractivity contribution in [2.45, 2.75) is 10.6 Å². The summed E-state index contributed by atoms with van der Waals surface area (Å²) in [5.74, 6) is 1.57. The van der Waals surface area contributed by atoms with Gasteiger partial charge < -0.3 is 10.2 Å². The van der Waals surface area contributed by atoms with Gasteiger partial charge in [-0.25, -0.2) is 4.98 Å². The fourth-order valence-electron chi connectivity index (χ4n) is 1.67. The molecule has 102 valence electrons. The van der Waals surface area contributed by atoms with Gasteiger partial charge in [0.05, 0.1) is 17.0 Å². The molecule has 2 aromatic heterocycles. The number of nitrogens with two attached hydrogens (primary N) is 1.